The highest BCUT2D eigenvalue weighted by Crippen LogP contribution is 2.25. The number of halogens is 2. The fourth-order valence-corrected chi connectivity index (χ4v) is 4.84. The maximum absolute atomic E-state index is 14.0. The number of aliphatic hydroxyl groups excluding tert-OH is 1. The zero-order chi connectivity index (χ0) is 32.8. The summed E-state index contributed by atoms with van der Waals surface area (Å²) in [5, 5.41) is 19.7. The van der Waals surface area contributed by atoms with Crippen LogP contribution in [-0.2, 0) is 42.4 Å². The van der Waals surface area contributed by atoms with Crippen LogP contribution in [0.2, 0.25) is 0 Å². The van der Waals surface area contributed by atoms with Gasteiger partial charge in [-0.2, -0.15) is 0 Å². The Morgan fingerprint density at radius 1 is 0.681 bits per heavy atom. The Bertz CT molecular complexity index is 1690. The Kier molecular flexibility index (Phi) is 12.3. The van der Waals surface area contributed by atoms with Crippen LogP contribution in [0.3, 0.4) is 0 Å². The number of amides is 1. The number of ether oxygens (including phenoxy) is 2. The number of nitrogens with one attached hydrogen (secondary N) is 3. The highest BCUT2D eigenvalue weighted by molar-refractivity contribution is 5.94. The van der Waals surface area contributed by atoms with Gasteiger partial charge in [0.15, 0.2) is 6.35 Å². The Labute approximate surface area is 272 Å². The van der Waals surface area contributed by atoms with Crippen LogP contribution in [0.4, 0.5) is 8.78 Å². The zero-order valence-electron chi connectivity index (χ0n) is 25.6. The average molecular weight is 639 g/mol. The molecule has 0 spiro atoms. The van der Waals surface area contributed by atoms with E-state index in [1.165, 1.54) is 30.5 Å². The maximum atomic E-state index is 14.0. The van der Waals surface area contributed by atoms with E-state index in [1.807, 2.05) is 60.7 Å². The van der Waals surface area contributed by atoms with Crippen molar-refractivity contribution < 1.29 is 28.2 Å². The summed E-state index contributed by atoms with van der Waals surface area (Å²) in [6, 6.07) is 32.7. The quantitative estimate of drug-likeness (QED) is 0.100. The van der Waals surface area contributed by atoms with Crippen LogP contribution < -0.4 is 16.0 Å². The fourth-order valence-electron chi connectivity index (χ4n) is 4.84. The second-order valence-electron chi connectivity index (χ2n) is 10.7. The van der Waals surface area contributed by atoms with Gasteiger partial charge in [-0.1, -0.05) is 84.9 Å². The first-order valence-electron chi connectivity index (χ1n) is 15.1. The van der Waals surface area contributed by atoms with Crippen molar-refractivity contribution in [3.8, 4) is 0 Å². The number of aliphatic hydroxyl groups is 1. The maximum Gasteiger partial charge on any atom is 0.273 e. The summed E-state index contributed by atoms with van der Waals surface area (Å²) < 4.78 is 39.4. The van der Waals surface area contributed by atoms with Crippen LogP contribution in [0.15, 0.2) is 121 Å². The van der Waals surface area contributed by atoms with Crippen molar-refractivity contribution in [1.29, 1.82) is 0 Å². The molecule has 4 N–H and O–H groups in total. The van der Waals surface area contributed by atoms with Gasteiger partial charge in [0.05, 0.1) is 19.8 Å². The highest BCUT2D eigenvalue weighted by Gasteiger charge is 2.26. The molecule has 0 fully saturated rings. The molecule has 5 rings (SSSR count). The molecule has 2 atom stereocenters. The van der Waals surface area contributed by atoms with Crippen molar-refractivity contribution in [2.75, 3.05) is 0 Å². The number of carbonyl (C=O) groups is 1. The first-order valence-corrected chi connectivity index (χ1v) is 15.1. The van der Waals surface area contributed by atoms with Gasteiger partial charge in [0.2, 0.25) is 0 Å². The Balaban J connectivity index is 1.40. The molecule has 1 aromatic heterocycles. The lowest BCUT2D eigenvalue weighted by Crippen LogP contribution is -2.47. The molecule has 0 saturated carbocycles. The number of hydrogen-bond donors (Lipinski definition) is 4. The van der Waals surface area contributed by atoms with E-state index >= 15 is 0 Å². The van der Waals surface area contributed by atoms with Crippen molar-refractivity contribution in [2.45, 2.75) is 45.5 Å². The molecule has 10 heteroatoms. The van der Waals surface area contributed by atoms with Crippen LogP contribution in [0.5, 0.6) is 0 Å². The third-order valence-corrected chi connectivity index (χ3v) is 7.32. The highest BCUT2D eigenvalue weighted by atomic mass is 19.1. The molecular formula is C37H36F2N4O4. The lowest BCUT2D eigenvalue weighted by atomic mass is 10.0. The summed E-state index contributed by atoms with van der Waals surface area (Å²) in [4.78, 5) is 18.4. The van der Waals surface area contributed by atoms with Crippen molar-refractivity contribution in [1.82, 2.24) is 20.9 Å². The van der Waals surface area contributed by atoms with Gasteiger partial charge < -0.3 is 19.9 Å². The minimum Gasteiger partial charge on any atom is -0.392 e. The van der Waals surface area contributed by atoms with E-state index in [0.29, 0.717) is 11.1 Å². The number of pyridine rings is 1. The lowest BCUT2D eigenvalue weighted by molar-refractivity contribution is -0.00486. The second-order valence-corrected chi connectivity index (χ2v) is 10.7. The normalized spacial score (nSPS) is 12.4. The summed E-state index contributed by atoms with van der Waals surface area (Å²) in [5.74, 6) is -1.27. The Morgan fingerprint density at radius 2 is 1.21 bits per heavy atom. The average Bonchev–Trinajstić information content (AvgIpc) is 3.11. The monoisotopic (exact) mass is 638 g/mol. The largest absolute Gasteiger partial charge is 0.392 e. The van der Waals surface area contributed by atoms with Gasteiger partial charge >= 0.3 is 0 Å². The molecule has 1 amide bonds. The van der Waals surface area contributed by atoms with E-state index in [0.717, 1.165) is 22.3 Å². The van der Waals surface area contributed by atoms with Crippen LogP contribution in [0, 0.1) is 11.6 Å². The van der Waals surface area contributed by atoms with Crippen LogP contribution in [0.25, 0.3) is 0 Å². The van der Waals surface area contributed by atoms with E-state index in [1.54, 1.807) is 30.3 Å². The molecule has 8 nitrogen and oxygen atoms in total. The number of hydrogen-bond acceptors (Lipinski definition) is 7. The SMILES string of the molecule is O=C(NC(NCc1ccc(F)cc1)OCc1ccccc1)c1nccc(CO)c1C(NCc1ccc(F)cc1)OCc1ccccc1. The van der Waals surface area contributed by atoms with E-state index in [9.17, 15) is 18.7 Å². The molecule has 2 unspecified atom stereocenters. The molecule has 47 heavy (non-hydrogen) atoms. The van der Waals surface area contributed by atoms with Gasteiger partial charge in [-0.05, 0) is 58.1 Å². The predicted molar refractivity (Wildman–Crippen MR) is 173 cm³/mol. The molecule has 5 aromatic rings. The number of benzene rings is 4. The lowest BCUT2D eigenvalue weighted by Gasteiger charge is -2.25. The molecular weight excluding hydrogens is 602 g/mol. The Morgan fingerprint density at radius 3 is 1.77 bits per heavy atom. The molecule has 1 heterocycles. The second kappa shape index (κ2) is 17.2. The van der Waals surface area contributed by atoms with Crippen LogP contribution >= 0.6 is 0 Å². The van der Waals surface area contributed by atoms with Gasteiger partial charge in [-0.15, -0.1) is 0 Å². The smallest absolute Gasteiger partial charge is 0.273 e. The minimum absolute atomic E-state index is 0.0260. The number of carbonyl (C=O) groups excluding carboxylic acids is 1. The van der Waals surface area contributed by atoms with Crippen LogP contribution in [-0.4, -0.2) is 22.3 Å². The summed E-state index contributed by atoms with van der Waals surface area (Å²) in [7, 11) is 0. The molecule has 4 aromatic carbocycles. The van der Waals surface area contributed by atoms with Gasteiger partial charge in [0.25, 0.3) is 5.91 Å². The van der Waals surface area contributed by atoms with Gasteiger partial charge in [-0.25, -0.2) is 8.78 Å². The van der Waals surface area contributed by atoms with Gasteiger partial charge in [-0.3, -0.25) is 20.4 Å². The topological polar surface area (TPSA) is 105 Å². The molecule has 0 radical (unpaired) electrons. The first kappa shape index (κ1) is 33.5. The summed E-state index contributed by atoms with van der Waals surface area (Å²) in [5.41, 5.74) is 4.20. The standard InChI is InChI=1S/C37H36F2N4O4/c38-31-15-11-26(12-16-31)21-41-36(46-24-28-7-3-1-4-8-28)33-30(23-44)19-20-40-34(33)35(45)43-37(47-25-29-9-5-2-6-10-29)42-22-27-13-17-32(39)18-14-27/h1-20,36-37,41-42,44H,21-25H2,(H,43,45). The zero-order valence-corrected chi connectivity index (χ0v) is 25.6. The van der Waals surface area contributed by atoms with Gasteiger partial charge in [0.1, 0.15) is 23.6 Å². The predicted octanol–water partition coefficient (Wildman–Crippen LogP) is 5.88. The number of nitrogens with zero attached hydrogens (tertiary/aromatic N) is 1. The van der Waals surface area contributed by atoms with Crippen molar-refractivity contribution in [3.05, 3.63) is 172 Å². The summed E-state index contributed by atoms with van der Waals surface area (Å²) >= 11 is 0. The third-order valence-electron chi connectivity index (χ3n) is 7.32. The van der Waals surface area contributed by atoms with E-state index in [-0.39, 0.29) is 50.2 Å². The molecule has 242 valence electrons. The molecule has 0 aliphatic heterocycles. The third kappa shape index (κ3) is 10.1. The molecule has 0 saturated heterocycles. The number of aromatic nitrogens is 1. The molecule has 0 bridgehead atoms. The van der Waals surface area contributed by atoms with E-state index in [2.05, 4.69) is 20.9 Å². The Hall–Kier alpha value is -4.84. The minimum atomic E-state index is -0.962. The van der Waals surface area contributed by atoms with Crippen molar-refractivity contribution in [3.63, 3.8) is 0 Å². The summed E-state index contributed by atoms with van der Waals surface area (Å²) in [6.07, 6.45) is -0.395. The number of rotatable bonds is 16. The van der Waals surface area contributed by atoms with Crippen LogP contribution in [0.1, 0.15) is 50.1 Å². The van der Waals surface area contributed by atoms with E-state index in [4.69, 9.17) is 9.47 Å². The fraction of sp³-hybridized carbons (Fsp3) is 0.189. The molecule has 0 aliphatic rings. The first-order chi connectivity index (χ1) is 23.0. The van der Waals surface area contributed by atoms with E-state index < -0.39 is 18.5 Å². The van der Waals surface area contributed by atoms with Crippen molar-refractivity contribution >= 4 is 5.91 Å². The summed E-state index contributed by atoms with van der Waals surface area (Å²) in [6.45, 7) is 0.575. The molecule has 0 aliphatic carbocycles. The van der Waals surface area contributed by atoms with Gasteiger partial charge in [0, 0.05) is 24.8 Å². The van der Waals surface area contributed by atoms with Crippen molar-refractivity contribution in [2.24, 2.45) is 0 Å².